The van der Waals surface area contributed by atoms with Crippen LogP contribution in [0.2, 0.25) is 0 Å². The zero-order chi connectivity index (χ0) is 16.9. The number of nitrogens with one attached hydrogen (secondary N) is 1. The van der Waals surface area contributed by atoms with E-state index in [2.05, 4.69) is 19.2 Å². The van der Waals surface area contributed by atoms with Crippen LogP contribution in [0.25, 0.3) is 0 Å². The first-order chi connectivity index (χ1) is 9.99. The second-order valence-corrected chi connectivity index (χ2v) is 5.04. The topological polar surface area (TPSA) is 72.2 Å². The van der Waals surface area contributed by atoms with Crippen molar-refractivity contribution >= 4 is 35.2 Å². The van der Waals surface area contributed by atoms with Gasteiger partial charge in [0.2, 0.25) is 11.1 Å². The Morgan fingerprint density at radius 2 is 1.36 bits per heavy atom. The molecule has 0 rings (SSSR count). The van der Waals surface area contributed by atoms with Crippen LogP contribution in [0.1, 0.15) is 79.1 Å². The van der Waals surface area contributed by atoms with E-state index in [9.17, 15) is 9.59 Å². The lowest BCUT2D eigenvalue weighted by molar-refractivity contribution is -0.120. The maximum Gasteiger partial charge on any atom is 0.221 e. The molecular weight excluding hydrogens is 323 g/mol. The van der Waals surface area contributed by atoms with Crippen molar-refractivity contribution in [2.75, 3.05) is 13.1 Å². The molecule has 0 aliphatic carbocycles. The van der Waals surface area contributed by atoms with Crippen LogP contribution in [-0.2, 0) is 9.59 Å². The van der Waals surface area contributed by atoms with Gasteiger partial charge in [-0.25, -0.2) is 0 Å². The lowest BCUT2D eigenvalue weighted by Crippen LogP contribution is -2.22. The SMILES string of the molecule is CCC(=O)Cl.CCCCCN.CCCCCNC(=O)CC.Cl. The van der Waals surface area contributed by atoms with Crippen LogP contribution in [0.3, 0.4) is 0 Å². The van der Waals surface area contributed by atoms with Gasteiger partial charge in [0, 0.05) is 19.4 Å². The molecule has 0 bridgehead atoms. The van der Waals surface area contributed by atoms with Crippen molar-refractivity contribution in [3.05, 3.63) is 0 Å². The van der Waals surface area contributed by atoms with Crippen LogP contribution < -0.4 is 11.1 Å². The van der Waals surface area contributed by atoms with Crippen LogP contribution in [0, 0.1) is 0 Å². The van der Waals surface area contributed by atoms with Gasteiger partial charge in [-0.3, -0.25) is 9.59 Å². The summed E-state index contributed by atoms with van der Waals surface area (Å²) < 4.78 is 0. The van der Waals surface area contributed by atoms with Crippen molar-refractivity contribution in [3.8, 4) is 0 Å². The minimum Gasteiger partial charge on any atom is -0.356 e. The van der Waals surface area contributed by atoms with E-state index in [0.717, 1.165) is 19.5 Å². The van der Waals surface area contributed by atoms with Crippen LogP contribution >= 0.6 is 24.0 Å². The third-order valence-corrected chi connectivity index (χ3v) is 2.78. The average molecular weight is 359 g/mol. The zero-order valence-electron chi connectivity index (χ0n) is 14.8. The number of unbranched alkanes of at least 4 members (excludes halogenated alkanes) is 4. The smallest absolute Gasteiger partial charge is 0.221 e. The van der Waals surface area contributed by atoms with E-state index in [1.54, 1.807) is 6.92 Å². The standard InChI is InChI=1S/C8H17NO.C5H13N.C3H5ClO.ClH/c1-3-5-6-7-9-8(10)4-2;1-2-3-4-5-6;1-2-3(4)5;/h3-7H2,1-2H3,(H,9,10);2-6H2,1H3;2H2,1H3;1H. The molecule has 3 N–H and O–H groups in total. The maximum absolute atomic E-state index is 10.7. The van der Waals surface area contributed by atoms with E-state index in [4.69, 9.17) is 17.3 Å². The molecule has 136 valence electrons. The molecule has 0 atom stereocenters. The second-order valence-electron chi connectivity index (χ2n) is 4.62. The average Bonchev–Trinajstić information content (AvgIpc) is 2.50. The van der Waals surface area contributed by atoms with Crippen molar-refractivity contribution in [1.29, 1.82) is 0 Å². The Kier molecular flexibility index (Phi) is 38.8. The normalized spacial score (nSPS) is 8.45. The Bertz CT molecular complexity index is 224. The fraction of sp³-hybridized carbons (Fsp3) is 0.875. The fourth-order valence-electron chi connectivity index (χ4n) is 1.12. The van der Waals surface area contributed by atoms with E-state index in [0.29, 0.717) is 12.8 Å². The van der Waals surface area contributed by atoms with Gasteiger partial charge in [-0.1, -0.05) is 53.4 Å². The predicted octanol–water partition coefficient (Wildman–Crippen LogP) is 4.42. The van der Waals surface area contributed by atoms with E-state index >= 15 is 0 Å². The predicted molar refractivity (Wildman–Crippen MR) is 99.8 cm³/mol. The van der Waals surface area contributed by atoms with Gasteiger partial charge in [-0.15, -0.1) is 12.4 Å². The molecule has 0 saturated carbocycles. The second kappa shape index (κ2) is 28.8. The highest BCUT2D eigenvalue weighted by Crippen LogP contribution is 1.91. The lowest BCUT2D eigenvalue weighted by Gasteiger charge is -2.00. The molecule has 0 unspecified atom stereocenters. The Morgan fingerprint density at radius 1 is 0.909 bits per heavy atom. The van der Waals surface area contributed by atoms with Crippen molar-refractivity contribution in [2.45, 2.75) is 79.1 Å². The van der Waals surface area contributed by atoms with Crippen LogP contribution in [-0.4, -0.2) is 24.2 Å². The Balaban J connectivity index is -0.000000117. The monoisotopic (exact) mass is 358 g/mol. The zero-order valence-corrected chi connectivity index (χ0v) is 16.3. The third kappa shape index (κ3) is 42.7. The van der Waals surface area contributed by atoms with Crippen LogP contribution in [0.15, 0.2) is 0 Å². The minimum atomic E-state index is -0.273. The van der Waals surface area contributed by atoms with Crippen LogP contribution in [0.4, 0.5) is 0 Å². The summed E-state index contributed by atoms with van der Waals surface area (Å²) >= 11 is 4.82. The van der Waals surface area contributed by atoms with Crippen molar-refractivity contribution in [3.63, 3.8) is 0 Å². The highest BCUT2D eigenvalue weighted by atomic mass is 35.5. The van der Waals surface area contributed by atoms with Crippen molar-refractivity contribution in [1.82, 2.24) is 5.32 Å². The molecule has 0 radical (unpaired) electrons. The van der Waals surface area contributed by atoms with Gasteiger partial charge in [0.15, 0.2) is 0 Å². The van der Waals surface area contributed by atoms with E-state index in [1.165, 1.54) is 32.1 Å². The van der Waals surface area contributed by atoms with E-state index in [-0.39, 0.29) is 23.6 Å². The molecule has 22 heavy (non-hydrogen) atoms. The molecule has 0 aromatic rings. The molecule has 0 aromatic heterocycles. The first kappa shape index (κ1) is 29.7. The summed E-state index contributed by atoms with van der Waals surface area (Å²) in [5.41, 5.74) is 5.21. The van der Waals surface area contributed by atoms with Crippen molar-refractivity contribution in [2.24, 2.45) is 5.73 Å². The molecule has 0 aliphatic rings. The lowest BCUT2D eigenvalue weighted by atomic mass is 10.2. The highest BCUT2D eigenvalue weighted by molar-refractivity contribution is 6.63. The molecule has 0 aromatic carbocycles. The number of rotatable bonds is 9. The Hall–Kier alpha value is -0.320. The highest BCUT2D eigenvalue weighted by Gasteiger charge is 1.93. The third-order valence-electron chi connectivity index (χ3n) is 2.51. The first-order valence-corrected chi connectivity index (χ1v) is 8.52. The number of amides is 1. The molecule has 0 spiro atoms. The molecule has 0 fully saturated rings. The molecule has 0 saturated heterocycles. The number of halogens is 2. The van der Waals surface area contributed by atoms with Gasteiger partial charge in [0.25, 0.3) is 0 Å². The number of nitrogens with two attached hydrogens (primary N) is 1. The molecular formula is C16H36Cl2N2O2. The summed E-state index contributed by atoms with van der Waals surface area (Å²) in [4.78, 5) is 20.2. The minimum absolute atomic E-state index is 0. The summed E-state index contributed by atoms with van der Waals surface area (Å²) in [6, 6.07) is 0. The molecule has 0 aliphatic heterocycles. The summed E-state index contributed by atoms with van der Waals surface area (Å²) in [7, 11) is 0. The fourth-order valence-corrected chi connectivity index (χ4v) is 1.12. The van der Waals surface area contributed by atoms with Gasteiger partial charge >= 0.3 is 0 Å². The summed E-state index contributed by atoms with van der Waals surface area (Å²) in [5.74, 6) is 0.163. The van der Waals surface area contributed by atoms with Gasteiger partial charge in [0.05, 0.1) is 0 Å². The van der Waals surface area contributed by atoms with Gasteiger partial charge in [-0.2, -0.15) is 0 Å². The summed E-state index contributed by atoms with van der Waals surface area (Å²) in [6.07, 6.45) is 8.33. The number of carbonyl (C=O) groups excluding carboxylic acids is 2. The van der Waals surface area contributed by atoms with Crippen LogP contribution in [0.5, 0.6) is 0 Å². The van der Waals surface area contributed by atoms with E-state index < -0.39 is 0 Å². The van der Waals surface area contributed by atoms with Crippen molar-refractivity contribution < 1.29 is 9.59 Å². The van der Waals surface area contributed by atoms with Gasteiger partial charge in [-0.05, 0) is 31.0 Å². The molecule has 6 heteroatoms. The Morgan fingerprint density at radius 3 is 1.64 bits per heavy atom. The maximum atomic E-state index is 10.7. The summed E-state index contributed by atoms with van der Waals surface area (Å²) in [6.45, 7) is 9.62. The first-order valence-electron chi connectivity index (χ1n) is 8.14. The summed E-state index contributed by atoms with van der Waals surface area (Å²) in [5, 5.41) is 2.56. The van der Waals surface area contributed by atoms with Gasteiger partial charge in [0.1, 0.15) is 0 Å². The number of hydrogen-bond acceptors (Lipinski definition) is 3. The number of hydrogen-bond donors (Lipinski definition) is 2. The Labute approximate surface area is 148 Å². The quantitative estimate of drug-likeness (QED) is 0.473. The van der Waals surface area contributed by atoms with E-state index in [1.807, 2.05) is 6.92 Å². The number of carbonyl (C=O) groups is 2. The molecule has 0 heterocycles. The largest absolute Gasteiger partial charge is 0.356 e. The van der Waals surface area contributed by atoms with Gasteiger partial charge < -0.3 is 11.1 Å². The molecule has 1 amide bonds. The molecule has 4 nitrogen and oxygen atoms in total.